The first-order valence-corrected chi connectivity index (χ1v) is 13.0. The van der Waals surface area contributed by atoms with Crippen LogP contribution < -0.4 is 16.4 Å². The zero-order valence-electron chi connectivity index (χ0n) is 22.0. The number of amides is 2. The van der Waals surface area contributed by atoms with Gasteiger partial charge in [0.2, 0.25) is 11.8 Å². The first-order valence-electron chi connectivity index (χ1n) is 13.0. The van der Waals surface area contributed by atoms with Crippen molar-refractivity contribution in [2.24, 2.45) is 17.6 Å². The van der Waals surface area contributed by atoms with Crippen molar-refractivity contribution in [3.63, 3.8) is 0 Å². The number of aliphatic hydroxyl groups excluding tert-OH is 1. The lowest BCUT2D eigenvalue weighted by Gasteiger charge is -2.28. The Morgan fingerprint density at radius 1 is 0.865 bits per heavy atom. The van der Waals surface area contributed by atoms with E-state index in [1.165, 1.54) is 0 Å². The number of aliphatic hydroxyl groups is 1. The van der Waals surface area contributed by atoms with Gasteiger partial charge in [-0.25, -0.2) is 4.79 Å². The molecular formula is C29H41N3O5. The average Bonchev–Trinajstić information content (AvgIpc) is 2.89. The fourth-order valence-electron chi connectivity index (χ4n) is 4.19. The van der Waals surface area contributed by atoms with Crippen LogP contribution >= 0.6 is 0 Å². The van der Waals surface area contributed by atoms with E-state index in [-0.39, 0.29) is 18.3 Å². The molecule has 8 heteroatoms. The van der Waals surface area contributed by atoms with Crippen molar-refractivity contribution in [3.8, 4) is 0 Å². The third-order valence-electron chi connectivity index (χ3n) is 6.88. The SMILES string of the molecule is CC[C@H](C)[C@H](NC(=O)C[C@H](O)[C@@H](N)Cc1ccccc1)C(=O)NC(C(=O)O)C(C)CCc1ccccc1. The molecular weight excluding hydrogens is 470 g/mol. The van der Waals surface area contributed by atoms with E-state index in [1.807, 2.05) is 74.5 Å². The number of carbonyl (C=O) groups excluding carboxylic acids is 2. The zero-order chi connectivity index (χ0) is 27.4. The van der Waals surface area contributed by atoms with Crippen molar-refractivity contribution in [1.82, 2.24) is 10.6 Å². The highest BCUT2D eigenvalue weighted by atomic mass is 16.4. The van der Waals surface area contributed by atoms with Crippen molar-refractivity contribution in [3.05, 3.63) is 71.8 Å². The standard InChI is InChI=1S/C29H41N3O5/c1-4-19(2)26(31-25(34)18-24(33)23(30)17-22-13-9-6-10-14-22)28(35)32-27(29(36)37)20(3)15-16-21-11-7-5-8-12-21/h5-14,19-20,23-24,26-27,33H,4,15-18,30H2,1-3H3,(H,31,34)(H,32,35)(H,36,37)/t19-,20?,23-,24-,26-,27?/m0/s1. The monoisotopic (exact) mass is 511 g/mol. The highest BCUT2D eigenvalue weighted by Crippen LogP contribution is 2.16. The lowest BCUT2D eigenvalue weighted by molar-refractivity contribution is -0.144. The van der Waals surface area contributed by atoms with Gasteiger partial charge < -0.3 is 26.6 Å². The van der Waals surface area contributed by atoms with Crippen LogP contribution in [0.15, 0.2) is 60.7 Å². The topological polar surface area (TPSA) is 142 Å². The molecule has 2 unspecified atom stereocenters. The minimum Gasteiger partial charge on any atom is -0.480 e. The number of nitrogens with one attached hydrogen (secondary N) is 2. The third kappa shape index (κ3) is 9.98. The van der Waals surface area contributed by atoms with E-state index in [4.69, 9.17) is 5.73 Å². The maximum atomic E-state index is 13.2. The Kier molecular flexibility index (Phi) is 12.3. The van der Waals surface area contributed by atoms with E-state index in [0.717, 1.165) is 11.1 Å². The number of aryl methyl sites for hydroxylation is 1. The highest BCUT2D eigenvalue weighted by Gasteiger charge is 2.33. The van der Waals surface area contributed by atoms with Crippen LogP contribution in [0.2, 0.25) is 0 Å². The van der Waals surface area contributed by atoms with Crippen LogP contribution in [0.1, 0.15) is 51.2 Å². The van der Waals surface area contributed by atoms with Gasteiger partial charge in [-0.05, 0) is 42.2 Å². The summed E-state index contributed by atoms with van der Waals surface area (Å²) in [6.07, 6.45) is 0.915. The van der Waals surface area contributed by atoms with Crippen LogP contribution in [0.25, 0.3) is 0 Å². The molecule has 6 atom stereocenters. The second kappa shape index (κ2) is 15.1. The Morgan fingerprint density at radius 3 is 1.97 bits per heavy atom. The quantitative estimate of drug-likeness (QED) is 0.249. The van der Waals surface area contributed by atoms with Crippen LogP contribution in [0.4, 0.5) is 0 Å². The number of hydrogen-bond donors (Lipinski definition) is 5. The van der Waals surface area contributed by atoms with Gasteiger partial charge in [0.25, 0.3) is 0 Å². The van der Waals surface area contributed by atoms with E-state index in [2.05, 4.69) is 10.6 Å². The first-order chi connectivity index (χ1) is 17.6. The van der Waals surface area contributed by atoms with Gasteiger partial charge in [0.15, 0.2) is 0 Å². The Morgan fingerprint density at radius 2 is 1.43 bits per heavy atom. The molecule has 0 bridgehead atoms. The molecule has 8 nitrogen and oxygen atoms in total. The third-order valence-corrected chi connectivity index (χ3v) is 6.88. The molecule has 2 aromatic rings. The second-order valence-electron chi connectivity index (χ2n) is 9.88. The fourth-order valence-corrected chi connectivity index (χ4v) is 4.19. The number of carbonyl (C=O) groups is 3. The van der Waals surface area contributed by atoms with Crippen molar-refractivity contribution >= 4 is 17.8 Å². The van der Waals surface area contributed by atoms with Crippen LogP contribution in [-0.4, -0.2) is 52.2 Å². The minimum absolute atomic E-state index is 0.242. The van der Waals surface area contributed by atoms with Gasteiger partial charge in [0, 0.05) is 6.04 Å². The maximum absolute atomic E-state index is 13.2. The van der Waals surface area contributed by atoms with Crippen molar-refractivity contribution in [2.45, 2.75) is 77.1 Å². The maximum Gasteiger partial charge on any atom is 0.326 e. The molecule has 0 aromatic heterocycles. The molecule has 0 radical (unpaired) electrons. The largest absolute Gasteiger partial charge is 0.480 e. The van der Waals surface area contributed by atoms with Crippen LogP contribution in [0.5, 0.6) is 0 Å². The summed E-state index contributed by atoms with van der Waals surface area (Å²) in [6.45, 7) is 5.50. The molecule has 0 heterocycles. The van der Waals surface area contributed by atoms with E-state index in [1.54, 1.807) is 6.92 Å². The van der Waals surface area contributed by atoms with Gasteiger partial charge in [-0.2, -0.15) is 0 Å². The molecule has 0 aliphatic heterocycles. The molecule has 6 N–H and O–H groups in total. The van der Waals surface area contributed by atoms with Crippen LogP contribution in [0, 0.1) is 11.8 Å². The molecule has 2 aromatic carbocycles. The molecule has 37 heavy (non-hydrogen) atoms. The second-order valence-corrected chi connectivity index (χ2v) is 9.88. The highest BCUT2D eigenvalue weighted by molar-refractivity contribution is 5.90. The average molecular weight is 512 g/mol. The molecule has 0 aliphatic carbocycles. The molecule has 202 valence electrons. The van der Waals surface area contributed by atoms with Gasteiger partial charge >= 0.3 is 5.97 Å². The minimum atomic E-state index is -1.12. The molecule has 2 rings (SSSR count). The summed E-state index contributed by atoms with van der Waals surface area (Å²) in [6, 6.07) is 16.5. The fraction of sp³-hybridized carbons (Fsp3) is 0.483. The summed E-state index contributed by atoms with van der Waals surface area (Å²) >= 11 is 0. The Balaban J connectivity index is 1.98. The molecule has 0 saturated heterocycles. The lowest BCUT2D eigenvalue weighted by atomic mass is 9.92. The smallest absolute Gasteiger partial charge is 0.326 e. The van der Waals surface area contributed by atoms with Gasteiger partial charge in [0.05, 0.1) is 12.5 Å². The van der Waals surface area contributed by atoms with Crippen molar-refractivity contribution in [1.29, 1.82) is 0 Å². The summed E-state index contributed by atoms with van der Waals surface area (Å²) < 4.78 is 0. The van der Waals surface area contributed by atoms with Gasteiger partial charge in [0.1, 0.15) is 12.1 Å². The summed E-state index contributed by atoms with van der Waals surface area (Å²) in [5.74, 6) is -2.75. The number of aliphatic carboxylic acids is 1. The summed E-state index contributed by atoms with van der Waals surface area (Å²) in [7, 11) is 0. The normalized spacial score (nSPS) is 16.0. The summed E-state index contributed by atoms with van der Waals surface area (Å²) in [5, 5.41) is 25.6. The van der Waals surface area contributed by atoms with Crippen LogP contribution in [-0.2, 0) is 27.2 Å². The number of benzene rings is 2. The van der Waals surface area contributed by atoms with E-state index < -0.39 is 42.0 Å². The van der Waals surface area contributed by atoms with Crippen molar-refractivity contribution < 1.29 is 24.6 Å². The van der Waals surface area contributed by atoms with E-state index >= 15 is 0 Å². The Hall–Kier alpha value is -3.23. The molecule has 0 fully saturated rings. The number of nitrogens with two attached hydrogens (primary N) is 1. The molecule has 0 aliphatic rings. The predicted molar refractivity (Wildman–Crippen MR) is 144 cm³/mol. The Bertz CT molecular complexity index is 986. The number of rotatable bonds is 15. The molecule has 0 spiro atoms. The van der Waals surface area contributed by atoms with Gasteiger partial charge in [-0.15, -0.1) is 0 Å². The van der Waals surface area contributed by atoms with Crippen molar-refractivity contribution in [2.75, 3.05) is 0 Å². The van der Waals surface area contributed by atoms with Crippen LogP contribution in [0.3, 0.4) is 0 Å². The lowest BCUT2D eigenvalue weighted by Crippen LogP contribution is -2.56. The summed E-state index contributed by atoms with van der Waals surface area (Å²) in [4.78, 5) is 37.9. The summed E-state index contributed by atoms with van der Waals surface area (Å²) in [5.41, 5.74) is 8.15. The zero-order valence-corrected chi connectivity index (χ0v) is 22.0. The number of carboxylic acids is 1. The molecule has 2 amide bonds. The number of carboxylic acid groups (broad SMARTS) is 1. The van der Waals surface area contributed by atoms with Gasteiger partial charge in [-0.1, -0.05) is 87.9 Å². The molecule has 0 saturated carbocycles. The van der Waals surface area contributed by atoms with Gasteiger partial charge in [-0.3, -0.25) is 9.59 Å². The van der Waals surface area contributed by atoms with E-state index in [0.29, 0.717) is 25.7 Å². The Labute approximate surface area is 219 Å². The number of hydrogen-bond acceptors (Lipinski definition) is 5. The predicted octanol–water partition coefficient (Wildman–Crippen LogP) is 2.68. The van der Waals surface area contributed by atoms with E-state index in [9.17, 15) is 24.6 Å². The first kappa shape index (κ1) is 30.0.